The Morgan fingerprint density at radius 3 is 2.45 bits per heavy atom. The molecule has 0 aromatic heterocycles. The molecule has 1 fully saturated rings. The lowest BCUT2D eigenvalue weighted by molar-refractivity contribution is -0.122. The molecular weight excluding hydrogens is 304 g/mol. The number of hydrogen-bond acceptors (Lipinski definition) is 6. The van der Waals surface area contributed by atoms with E-state index in [1.807, 2.05) is 12.1 Å². The molecule has 2 rings (SSSR count). The SMILES string of the molecule is COc1cc(OC)c(CCNC(=O)C2CSCN2)c(OC)c1. The van der Waals surface area contributed by atoms with E-state index in [0.29, 0.717) is 30.2 Å². The minimum Gasteiger partial charge on any atom is -0.496 e. The van der Waals surface area contributed by atoms with Crippen molar-refractivity contribution in [1.29, 1.82) is 0 Å². The van der Waals surface area contributed by atoms with Crippen molar-refractivity contribution < 1.29 is 19.0 Å². The van der Waals surface area contributed by atoms with Crippen LogP contribution in [0.1, 0.15) is 5.56 Å². The molecule has 0 aliphatic carbocycles. The van der Waals surface area contributed by atoms with Gasteiger partial charge in [-0.15, -0.1) is 11.8 Å². The molecule has 1 unspecified atom stereocenters. The van der Waals surface area contributed by atoms with Crippen LogP contribution in [0.4, 0.5) is 0 Å². The number of carbonyl (C=O) groups is 1. The van der Waals surface area contributed by atoms with Gasteiger partial charge in [0.05, 0.1) is 27.4 Å². The predicted molar refractivity (Wildman–Crippen MR) is 87.1 cm³/mol. The Balaban J connectivity index is 2.00. The maximum Gasteiger partial charge on any atom is 0.238 e. The van der Waals surface area contributed by atoms with Crippen LogP contribution in [0.3, 0.4) is 0 Å². The van der Waals surface area contributed by atoms with Gasteiger partial charge in [-0.25, -0.2) is 0 Å². The van der Waals surface area contributed by atoms with Crippen LogP contribution in [0.15, 0.2) is 12.1 Å². The van der Waals surface area contributed by atoms with E-state index >= 15 is 0 Å². The van der Waals surface area contributed by atoms with Gasteiger partial charge in [0.2, 0.25) is 5.91 Å². The van der Waals surface area contributed by atoms with E-state index < -0.39 is 0 Å². The normalized spacial score (nSPS) is 17.1. The molecule has 7 heteroatoms. The van der Waals surface area contributed by atoms with Gasteiger partial charge in [-0.05, 0) is 6.42 Å². The van der Waals surface area contributed by atoms with Crippen molar-refractivity contribution in [3.63, 3.8) is 0 Å². The molecule has 1 amide bonds. The van der Waals surface area contributed by atoms with Gasteiger partial charge >= 0.3 is 0 Å². The van der Waals surface area contributed by atoms with Crippen LogP contribution in [0.25, 0.3) is 0 Å². The Bertz CT molecular complexity index is 493. The minimum absolute atomic E-state index is 0.0384. The summed E-state index contributed by atoms with van der Waals surface area (Å²) in [5, 5.41) is 6.10. The van der Waals surface area contributed by atoms with Crippen LogP contribution in [0.2, 0.25) is 0 Å². The van der Waals surface area contributed by atoms with Crippen LogP contribution in [-0.2, 0) is 11.2 Å². The number of rotatable bonds is 7. The minimum atomic E-state index is -0.0929. The third-order valence-electron chi connectivity index (χ3n) is 3.52. The molecule has 0 saturated carbocycles. The van der Waals surface area contributed by atoms with Crippen molar-refractivity contribution in [2.24, 2.45) is 0 Å². The van der Waals surface area contributed by atoms with E-state index in [1.54, 1.807) is 33.1 Å². The van der Waals surface area contributed by atoms with Gasteiger partial charge < -0.3 is 19.5 Å². The molecule has 1 aromatic rings. The maximum absolute atomic E-state index is 12.0. The number of carbonyl (C=O) groups excluding carboxylic acids is 1. The monoisotopic (exact) mass is 326 g/mol. The number of thioether (sulfide) groups is 1. The second-order valence-corrected chi connectivity index (χ2v) is 5.85. The number of amides is 1. The molecule has 0 spiro atoms. The molecule has 0 bridgehead atoms. The molecule has 122 valence electrons. The number of methoxy groups -OCH3 is 3. The summed E-state index contributed by atoms with van der Waals surface area (Å²) in [6.07, 6.45) is 0.627. The summed E-state index contributed by atoms with van der Waals surface area (Å²) in [6.45, 7) is 0.529. The molecule has 1 aromatic carbocycles. The summed E-state index contributed by atoms with van der Waals surface area (Å²) in [6, 6.07) is 3.54. The smallest absolute Gasteiger partial charge is 0.238 e. The molecule has 2 N–H and O–H groups in total. The number of ether oxygens (including phenoxy) is 3. The van der Waals surface area contributed by atoms with E-state index in [2.05, 4.69) is 10.6 Å². The van der Waals surface area contributed by atoms with Gasteiger partial charge in [0, 0.05) is 35.9 Å². The van der Waals surface area contributed by atoms with Crippen LogP contribution < -0.4 is 24.8 Å². The molecule has 6 nitrogen and oxygen atoms in total. The van der Waals surface area contributed by atoms with E-state index in [1.165, 1.54) is 0 Å². The zero-order chi connectivity index (χ0) is 15.9. The molecule has 1 aliphatic heterocycles. The highest BCUT2D eigenvalue weighted by atomic mass is 32.2. The average Bonchev–Trinajstić information content (AvgIpc) is 3.09. The Hall–Kier alpha value is -1.60. The third kappa shape index (κ3) is 3.98. The lowest BCUT2D eigenvalue weighted by atomic mass is 10.1. The maximum atomic E-state index is 12.0. The first-order chi connectivity index (χ1) is 10.7. The van der Waals surface area contributed by atoms with Gasteiger partial charge in [0.15, 0.2) is 0 Å². The first-order valence-corrected chi connectivity index (χ1v) is 8.22. The quantitative estimate of drug-likeness (QED) is 0.780. The number of benzene rings is 1. The number of nitrogens with one attached hydrogen (secondary N) is 2. The summed E-state index contributed by atoms with van der Waals surface area (Å²) in [5.74, 6) is 3.75. The fourth-order valence-electron chi connectivity index (χ4n) is 2.32. The first kappa shape index (κ1) is 16.8. The predicted octanol–water partition coefficient (Wildman–Crippen LogP) is 1.03. The summed E-state index contributed by atoms with van der Waals surface area (Å²) >= 11 is 1.73. The van der Waals surface area contributed by atoms with E-state index in [4.69, 9.17) is 14.2 Å². The lowest BCUT2D eigenvalue weighted by Gasteiger charge is -2.16. The second-order valence-electron chi connectivity index (χ2n) is 4.82. The van der Waals surface area contributed by atoms with Crippen LogP contribution >= 0.6 is 11.8 Å². The Morgan fingerprint density at radius 2 is 1.95 bits per heavy atom. The Kier molecular flexibility index (Phi) is 6.21. The van der Waals surface area contributed by atoms with Gasteiger partial charge in [0.1, 0.15) is 17.2 Å². The van der Waals surface area contributed by atoms with Crippen LogP contribution in [-0.4, -0.2) is 51.5 Å². The summed E-state index contributed by atoms with van der Waals surface area (Å²) < 4.78 is 16.0. The summed E-state index contributed by atoms with van der Waals surface area (Å²) in [5.41, 5.74) is 0.917. The van der Waals surface area contributed by atoms with Crippen molar-refractivity contribution in [3.05, 3.63) is 17.7 Å². The van der Waals surface area contributed by atoms with E-state index in [-0.39, 0.29) is 11.9 Å². The molecule has 1 saturated heterocycles. The largest absolute Gasteiger partial charge is 0.496 e. The van der Waals surface area contributed by atoms with Gasteiger partial charge in [-0.2, -0.15) is 0 Å². The fraction of sp³-hybridized carbons (Fsp3) is 0.533. The lowest BCUT2D eigenvalue weighted by Crippen LogP contribution is -2.42. The molecule has 22 heavy (non-hydrogen) atoms. The van der Waals surface area contributed by atoms with Crippen molar-refractivity contribution >= 4 is 17.7 Å². The Labute approximate surface area is 134 Å². The van der Waals surface area contributed by atoms with Gasteiger partial charge in [-0.1, -0.05) is 0 Å². The van der Waals surface area contributed by atoms with E-state index in [0.717, 1.165) is 17.2 Å². The zero-order valence-corrected chi connectivity index (χ0v) is 13.9. The van der Waals surface area contributed by atoms with Crippen LogP contribution in [0, 0.1) is 0 Å². The molecular formula is C15H22N2O4S. The second kappa shape index (κ2) is 8.14. The highest BCUT2D eigenvalue weighted by Crippen LogP contribution is 2.34. The van der Waals surface area contributed by atoms with E-state index in [9.17, 15) is 4.79 Å². The summed E-state index contributed by atoms with van der Waals surface area (Å²) in [7, 11) is 4.81. The Morgan fingerprint density at radius 1 is 1.27 bits per heavy atom. The first-order valence-electron chi connectivity index (χ1n) is 7.07. The summed E-state index contributed by atoms with van der Waals surface area (Å²) in [4.78, 5) is 12.0. The van der Waals surface area contributed by atoms with Crippen molar-refractivity contribution in [1.82, 2.24) is 10.6 Å². The highest BCUT2D eigenvalue weighted by Gasteiger charge is 2.22. The third-order valence-corrected chi connectivity index (χ3v) is 4.46. The highest BCUT2D eigenvalue weighted by molar-refractivity contribution is 7.99. The van der Waals surface area contributed by atoms with Crippen molar-refractivity contribution in [2.75, 3.05) is 39.5 Å². The molecule has 0 radical (unpaired) electrons. The van der Waals surface area contributed by atoms with Gasteiger partial charge in [0.25, 0.3) is 0 Å². The molecule has 1 aliphatic rings. The van der Waals surface area contributed by atoms with Crippen molar-refractivity contribution in [2.45, 2.75) is 12.5 Å². The standard InChI is InChI=1S/C15H22N2O4S/c1-19-10-6-13(20-2)11(14(7-10)21-3)4-5-16-15(18)12-8-22-9-17-12/h6-7,12,17H,4-5,8-9H2,1-3H3,(H,16,18). The topological polar surface area (TPSA) is 68.8 Å². The van der Waals surface area contributed by atoms with Crippen molar-refractivity contribution in [3.8, 4) is 17.2 Å². The molecule has 1 heterocycles. The van der Waals surface area contributed by atoms with Crippen LogP contribution in [0.5, 0.6) is 17.2 Å². The van der Waals surface area contributed by atoms with Gasteiger partial charge in [-0.3, -0.25) is 10.1 Å². The zero-order valence-electron chi connectivity index (χ0n) is 13.1. The average molecular weight is 326 g/mol. The fourth-order valence-corrected chi connectivity index (χ4v) is 3.26. The molecule has 1 atom stereocenters. The number of hydrogen-bond donors (Lipinski definition) is 2.